The van der Waals surface area contributed by atoms with Gasteiger partial charge in [-0.05, 0) is 24.1 Å². The maximum absolute atomic E-state index is 10.9. The largest absolute Gasteiger partial charge is 0.381 e. The number of nitro benzene ring substituents is 1. The maximum atomic E-state index is 10.9. The van der Waals surface area contributed by atoms with Gasteiger partial charge in [0.25, 0.3) is 5.69 Å². The van der Waals surface area contributed by atoms with Gasteiger partial charge in [-0.15, -0.1) is 0 Å². The Balaban J connectivity index is 2.86. The van der Waals surface area contributed by atoms with Gasteiger partial charge < -0.3 is 5.11 Å². The molecule has 0 saturated heterocycles. The average Bonchev–Trinajstić information content (AvgIpc) is 2.38. The first-order valence-corrected chi connectivity index (χ1v) is 6.03. The third-order valence-corrected chi connectivity index (χ3v) is 2.93. The fourth-order valence-corrected chi connectivity index (χ4v) is 1.81. The molecule has 0 heterocycles. The normalized spacial score (nSPS) is 13.8. The molecule has 0 aliphatic rings. The summed E-state index contributed by atoms with van der Waals surface area (Å²) in [5, 5.41) is 31.4. The van der Waals surface area contributed by atoms with E-state index < -0.39 is 22.0 Å². The van der Waals surface area contributed by atoms with Gasteiger partial charge in [0.05, 0.1) is 4.92 Å². The van der Waals surface area contributed by atoms with E-state index in [2.05, 4.69) is 0 Å². The molecule has 1 aromatic carbocycles. The van der Waals surface area contributed by atoms with Gasteiger partial charge >= 0.3 is 0 Å². The molecular formula is C12H16N2O5. The number of non-ortho nitro benzene ring substituents is 1. The highest BCUT2D eigenvalue weighted by atomic mass is 16.6. The van der Waals surface area contributed by atoms with Crippen molar-refractivity contribution >= 4 is 5.69 Å². The van der Waals surface area contributed by atoms with Gasteiger partial charge in [0.1, 0.15) is 6.10 Å². The lowest BCUT2D eigenvalue weighted by Crippen LogP contribution is -2.27. The van der Waals surface area contributed by atoms with E-state index in [4.69, 9.17) is 0 Å². The number of unbranched alkanes of at least 4 members (excludes halogenated alkanes) is 1. The highest BCUT2D eigenvalue weighted by Crippen LogP contribution is 2.24. The van der Waals surface area contributed by atoms with Crippen LogP contribution in [0.15, 0.2) is 24.3 Å². The summed E-state index contributed by atoms with van der Waals surface area (Å²) in [4.78, 5) is 20.4. The van der Waals surface area contributed by atoms with E-state index in [0.717, 1.165) is 6.42 Å². The zero-order chi connectivity index (χ0) is 14.4. The van der Waals surface area contributed by atoms with E-state index in [-0.39, 0.29) is 12.1 Å². The first kappa shape index (κ1) is 15.0. The molecule has 0 bridgehead atoms. The third-order valence-electron chi connectivity index (χ3n) is 2.93. The van der Waals surface area contributed by atoms with Gasteiger partial charge in [0, 0.05) is 23.5 Å². The molecule has 0 unspecified atom stereocenters. The Morgan fingerprint density at radius 1 is 1.21 bits per heavy atom. The summed E-state index contributed by atoms with van der Waals surface area (Å²) in [6.45, 7) is 1.91. The molecular weight excluding hydrogens is 252 g/mol. The lowest BCUT2D eigenvalue weighted by molar-refractivity contribution is -0.536. The van der Waals surface area contributed by atoms with Gasteiger partial charge in [-0.1, -0.05) is 13.3 Å². The number of hydrogen-bond donors (Lipinski definition) is 1. The first-order chi connectivity index (χ1) is 8.97. The highest BCUT2D eigenvalue weighted by molar-refractivity contribution is 5.34. The fourth-order valence-electron chi connectivity index (χ4n) is 1.81. The van der Waals surface area contributed by atoms with Crippen molar-refractivity contribution in [1.29, 1.82) is 0 Å². The van der Waals surface area contributed by atoms with Crippen LogP contribution in [0.4, 0.5) is 5.69 Å². The second-order valence-electron chi connectivity index (χ2n) is 4.29. The molecule has 1 rings (SSSR count). The Hall–Kier alpha value is -2.02. The van der Waals surface area contributed by atoms with Crippen LogP contribution < -0.4 is 0 Å². The van der Waals surface area contributed by atoms with Gasteiger partial charge in [0.15, 0.2) is 0 Å². The van der Waals surface area contributed by atoms with Crippen LogP contribution in [-0.2, 0) is 0 Å². The monoisotopic (exact) mass is 268 g/mol. The minimum absolute atomic E-state index is 0.109. The Bertz CT molecular complexity index is 446. The molecule has 7 heteroatoms. The van der Waals surface area contributed by atoms with Crippen LogP contribution in [0.25, 0.3) is 0 Å². The van der Waals surface area contributed by atoms with Crippen LogP contribution in [0, 0.1) is 20.2 Å². The molecule has 0 aliphatic heterocycles. The average molecular weight is 268 g/mol. The van der Waals surface area contributed by atoms with Gasteiger partial charge in [-0.2, -0.15) is 0 Å². The predicted molar refractivity (Wildman–Crippen MR) is 68.4 cm³/mol. The molecule has 0 aliphatic carbocycles. The lowest BCUT2D eigenvalue weighted by Gasteiger charge is -2.16. The second kappa shape index (κ2) is 6.79. The molecule has 7 nitrogen and oxygen atoms in total. The second-order valence-corrected chi connectivity index (χ2v) is 4.29. The molecule has 0 spiro atoms. The quantitative estimate of drug-likeness (QED) is 0.603. The van der Waals surface area contributed by atoms with E-state index in [9.17, 15) is 25.3 Å². The highest BCUT2D eigenvalue weighted by Gasteiger charge is 2.30. The summed E-state index contributed by atoms with van der Waals surface area (Å²) < 4.78 is 0. The molecule has 2 atom stereocenters. The maximum Gasteiger partial charge on any atom is 0.269 e. The zero-order valence-electron chi connectivity index (χ0n) is 10.6. The number of aliphatic hydroxyl groups is 1. The Kier molecular flexibility index (Phi) is 5.37. The summed E-state index contributed by atoms with van der Waals surface area (Å²) >= 11 is 0. The smallest absolute Gasteiger partial charge is 0.269 e. The molecule has 0 aromatic heterocycles. The number of nitrogens with zero attached hydrogens (tertiary/aromatic N) is 2. The SMILES string of the molecule is CCCC[C@@H]([C@H](O)c1ccc([N+](=O)[O-])cc1)[N+](=O)[O-]. The van der Waals surface area contributed by atoms with E-state index >= 15 is 0 Å². The van der Waals surface area contributed by atoms with Crippen molar-refractivity contribution in [3.63, 3.8) is 0 Å². The standard InChI is InChI=1S/C12H16N2O5/c1-2-3-4-11(14(18)19)12(15)9-5-7-10(8-6-9)13(16)17/h5-8,11-12,15H,2-4H2,1H3/t11-,12+/m0/s1. The zero-order valence-corrected chi connectivity index (χ0v) is 10.6. The molecule has 1 N–H and O–H groups in total. The van der Waals surface area contributed by atoms with Crippen molar-refractivity contribution in [2.75, 3.05) is 0 Å². The van der Waals surface area contributed by atoms with E-state index in [1.165, 1.54) is 24.3 Å². The van der Waals surface area contributed by atoms with Crippen LogP contribution >= 0.6 is 0 Å². The topological polar surface area (TPSA) is 107 Å². The van der Waals surface area contributed by atoms with Crippen molar-refractivity contribution in [1.82, 2.24) is 0 Å². The number of aliphatic hydroxyl groups excluding tert-OH is 1. The summed E-state index contributed by atoms with van der Waals surface area (Å²) in [6, 6.07) is 4.09. The molecule has 0 radical (unpaired) electrons. The fraction of sp³-hybridized carbons (Fsp3) is 0.500. The first-order valence-electron chi connectivity index (χ1n) is 6.03. The summed E-state index contributed by atoms with van der Waals surface area (Å²) in [5.74, 6) is 0. The summed E-state index contributed by atoms with van der Waals surface area (Å²) in [7, 11) is 0. The van der Waals surface area contributed by atoms with Gasteiger partial charge in [0.2, 0.25) is 6.04 Å². The van der Waals surface area contributed by atoms with Crippen LogP contribution in [-0.4, -0.2) is 21.0 Å². The number of rotatable bonds is 7. The van der Waals surface area contributed by atoms with E-state index in [1.54, 1.807) is 0 Å². The Labute approximate surface area is 110 Å². The van der Waals surface area contributed by atoms with Crippen molar-refractivity contribution in [2.24, 2.45) is 0 Å². The molecule has 0 fully saturated rings. The number of nitro groups is 2. The summed E-state index contributed by atoms with van der Waals surface area (Å²) in [5.41, 5.74) is 0.213. The van der Waals surface area contributed by atoms with Crippen molar-refractivity contribution in [2.45, 2.75) is 38.3 Å². The third kappa shape index (κ3) is 3.99. The van der Waals surface area contributed by atoms with Crippen molar-refractivity contribution in [3.8, 4) is 0 Å². The van der Waals surface area contributed by atoms with Crippen LogP contribution in [0.3, 0.4) is 0 Å². The van der Waals surface area contributed by atoms with Gasteiger partial charge in [-0.25, -0.2) is 0 Å². The van der Waals surface area contributed by atoms with E-state index in [0.29, 0.717) is 12.0 Å². The van der Waals surface area contributed by atoms with Gasteiger partial charge in [-0.3, -0.25) is 20.2 Å². The van der Waals surface area contributed by atoms with E-state index in [1.807, 2.05) is 6.92 Å². The predicted octanol–water partition coefficient (Wildman–Crippen LogP) is 2.46. The van der Waals surface area contributed by atoms with Crippen LogP contribution in [0.1, 0.15) is 37.9 Å². The molecule has 0 saturated carbocycles. The van der Waals surface area contributed by atoms with Crippen LogP contribution in [0.2, 0.25) is 0 Å². The van der Waals surface area contributed by atoms with Crippen molar-refractivity contribution < 1.29 is 15.0 Å². The molecule has 104 valence electrons. The minimum Gasteiger partial charge on any atom is -0.381 e. The van der Waals surface area contributed by atoms with Crippen LogP contribution in [0.5, 0.6) is 0 Å². The number of benzene rings is 1. The molecule has 1 aromatic rings. The Morgan fingerprint density at radius 3 is 2.21 bits per heavy atom. The Morgan fingerprint density at radius 2 is 1.79 bits per heavy atom. The number of hydrogen-bond acceptors (Lipinski definition) is 5. The van der Waals surface area contributed by atoms with Crippen molar-refractivity contribution in [3.05, 3.63) is 50.1 Å². The summed E-state index contributed by atoms with van der Waals surface area (Å²) in [6.07, 6.45) is 0.483. The molecule has 19 heavy (non-hydrogen) atoms. The lowest BCUT2D eigenvalue weighted by atomic mass is 9.98. The minimum atomic E-state index is -1.25. The molecule has 0 amide bonds.